The van der Waals surface area contributed by atoms with E-state index >= 15 is 0 Å². The standard InChI is InChI=1S/C17H20N2O5S/c1-12(11-20)19-25(23,24)15-9-7-14(8-10-15)17(22,16(18)21)13-5-3-2-4-6-13/h2-10,12,19-20,22H,11H2,1H3,(H2,18,21). The number of primary amides is 1. The molecule has 2 rings (SSSR count). The van der Waals surface area contributed by atoms with Crippen LogP contribution in [0.2, 0.25) is 0 Å². The minimum absolute atomic E-state index is 0.0589. The second-order valence-electron chi connectivity index (χ2n) is 5.67. The van der Waals surface area contributed by atoms with Crippen molar-refractivity contribution in [2.24, 2.45) is 5.73 Å². The first-order chi connectivity index (χ1) is 11.7. The number of nitrogens with one attached hydrogen (secondary N) is 1. The average Bonchev–Trinajstić information content (AvgIpc) is 2.61. The molecule has 8 heteroatoms. The maximum absolute atomic E-state index is 12.2. The van der Waals surface area contributed by atoms with Gasteiger partial charge in [-0.2, -0.15) is 0 Å². The van der Waals surface area contributed by atoms with Crippen LogP contribution in [0.4, 0.5) is 0 Å². The Morgan fingerprint density at radius 2 is 1.64 bits per heavy atom. The third-order valence-electron chi connectivity index (χ3n) is 3.76. The number of hydrogen-bond donors (Lipinski definition) is 4. The fraction of sp³-hybridized carbons (Fsp3) is 0.235. The highest BCUT2D eigenvalue weighted by Crippen LogP contribution is 2.30. The predicted molar refractivity (Wildman–Crippen MR) is 91.9 cm³/mol. The SMILES string of the molecule is CC(CO)NS(=O)(=O)c1ccc(C(O)(C(N)=O)c2ccccc2)cc1. The van der Waals surface area contributed by atoms with E-state index in [0.29, 0.717) is 0 Å². The van der Waals surface area contributed by atoms with Crippen LogP contribution >= 0.6 is 0 Å². The summed E-state index contributed by atoms with van der Waals surface area (Å²) in [4.78, 5) is 11.8. The zero-order valence-electron chi connectivity index (χ0n) is 13.6. The summed E-state index contributed by atoms with van der Waals surface area (Å²) in [5.41, 5.74) is 3.76. The number of rotatable bonds is 7. The van der Waals surface area contributed by atoms with Crippen LogP contribution in [0.3, 0.4) is 0 Å². The molecule has 0 heterocycles. The van der Waals surface area contributed by atoms with Crippen LogP contribution < -0.4 is 10.5 Å². The zero-order chi connectivity index (χ0) is 18.7. The van der Waals surface area contributed by atoms with Crippen molar-refractivity contribution >= 4 is 15.9 Å². The number of benzene rings is 2. The lowest BCUT2D eigenvalue weighted by Gasteiger charge is -2.26. The van der Waals surface area contributed by atoms with E-state index in [1.807, 2.05) is 0 Å². The molecular formula is C17H20N2O5S. The molecule has 0 aliphatic heterocycles. The van der Waals surface area contributed by atoms with E-state index in [4.69, 9.17) is 10.8 Å². The highest BCUT2D eigenvalue weighted by Gasteiger charge is 2.38. The zero-order valence-corrected chi connectivity index (χ0v) is 14.4. The molecule has 0 fully saturated rings. The van der Waals surface area contributed by atoms with Gasteiger partial charge >= 0.3 is 0 Å². The van der Waals surface area contributed by atoms with E-state index in [9.17, 15) is 18.3 Å². The first-order valence-electron chi connectivity index (χ1n) is 7.53. The van der Waals surface area contributed by atoms with Gasteiger partial charge in [-0.25, -0.2) is 13.1 Å². The highest BCUT2D eigenvalue weighted by molar-refractivity contribution is 7.89. The van der Waals surface area contributed by atoms with Gasteiger partial charge in [0.05, 0.1) is 11.5 Å². The van der Waals surface area contributed by atoms with Crippen molar-refractivity contribution in [3.8, 4) is 0 Å². The molecule has 0 saturated heterocycles. The Morgan fingerprint density at radius 3 is 2.12 bits per heavy atom. The molecule has 0 aromatic heterocycles. The number of carbonyl (C=O) groups is 1. The molecule has 0 aliphatic carbocycles. The lowest BCUT2D eigenvalue weighted by Crippen LogP contribution is -2.42. The minimum Gasteiger partial charge on any atom is -0.395 e. The topological polar surface area (TPSA) is 130 Å². The van der Waals surface area contributed by atoms with Crippen molar-refractivity contribution < 1.29 is 23.4 Å². The summed E-state index contributed by atoms with van der Waals surface area (Å²) in [5, 5.41) is 19.8. The molecule has 0 aliphatic rings. The third kappa shape index (κ3) is 3.88. The van der Waals surface area contributed by atoms with E-state index in [-0.39, 0.29) is 22.6 Å². The van der Waals surface area contributed by atoms with Gasteiger partial charge in [-0.1, -0.05) is 42.5 Å². The van der Waals surface area contributed by atoms with Crippen molar-refractivity contribution in [2.75, 3.05) is 6.61 Å². The van der Waals surface area contributed by atoms with Crippen LogP contribution in [0.1, 0.15) is 18.1 Å². The molecule has 1 amide bonds. The summed E-state index contributed by atoms with van der Waals surface area (Å²) in [6, 6.07) is 12.7. The molecule has 0 radical (unpaired) electrons. The minimum atomic E-state index is -3.83. The molecule has 134 valence electrons. The summed E-state index contributed by atoms with van der Waals surface area (Å²) in [6.07, 6.45) is 0. The van der Waals surface area contributed by atoms with Gasteiger partial charge in [0.25, 0.3) is 5.91 Å². The summed E-state index contributed by atoms with van der Waals surface area (Å²) >= 11 is 0. The lowest BCUT2D eigenvalue weighted by atomic mass is 9.86. The van der Waals surface area contributed by atoms with Gasteiger partial charge in [-0.15, -0.1) is 0 Å². The van der Waals surface area contributed by atoms with E-state index in [1.165, 1.54) is 31.2 Å². The molecule has 2 atom stereocenters. The highest BCUT2D eigenvalue weighted by atomic mass is 32.2. The van der Waals surface area contributed by atoms with Crippen molar-refractivity contribution in [1.29, 1.82) is 0 Å². The van der Waals surface area contributed by atoms with Gasteiger partial charge < -0.3 is 15.9 Å². The molecule has 2 aromatic carbocycles. The average molecular weight is 364 g/mol. The van der Waals surface area contributed by atoms with E-state index in [0.717, 1.165) is 0 Å². The second-order valence-corrected chi connectivity index (χ2v) is 7.38. The van der Waals surface area contributed by atoms with Crippen LogP contribution in [-0.2, 0) is 20.4 Å². The summed E-state index contributed by atoms with van der Waals surface area (Å²) in [7, 11) is -3.83. The van der Waals surface area contributed by atoms with Gasteiger partial charge in [0.2, 0.25) is 10.0 Å². The maximum Gasteiger partial charge on any atom is 0.258 e. The number of aliphatic hydroxyl groups excluding tert-OH is 1. The van der Waals surface area contributed by atoms with Gasteiger partial charge in [0, 0.05) is 6.04 Å². The van der Waals surface area contributed by atoms with Crippen molar-refractivity contribution in [3.63, 3.8) is 0 Å². The molecule has 2 unspecified atom stereocenters. The number of amides is 1. The number of carbonyl (C=O) groups excluding carboxylic acids is 1. The van der Waals surface area contributed by atoms with Crippen LogP contribution in [-0.4, -0.2) is 37.2 Å². The Balaban J connectivity index is 2.42. The molecule has 7 nitrogen and oxygen atoms in total. The fourth-order valence-electron chi connectivity index (χ4n) is 2.38. The predicted octanol–water partition coefficient (Wildman–Crippen LogP) is 0.0669. The molecular weight excluding hydrogens is 344 g/mol. The molecule has 5 N–H and O–H groups in total. The molecule has 0 bridgehead atoms. The Labute approximate surface area is 146 Å². The first-order valence-corrected chi connectivity index (χ1v) is 9.01. The summed E-state index contributed by atoms with van der Waals surface area (Å²) in [5.74, 6) is -0.971. The Bertz CT molecular complexity index is 837. The van der Waals surface area contributed by atoms with Crippen molar-refractivity contribution in [2.45, 2.75) is 23.5 Å². The Hall–Kier alpha value is -2.26. The smallest absolute Gasteiger partial charge is 0.258 e. The van der Waals surface area contributed by atoms with Crippen LogP contribution in [0.5, 0.6) is 0 Å². The van der Waals surface area contributed by atoms with Gasteiger partial charge in [-0.3, -0.25) is 4.79 Å². The summed E-state index contributed by atoms with van der Waals surface area (Å²) < 4.78 is 26.7. The number of aliphatic hydroxyl groups is 2. The molecule has 0 saturated carbocycles. The lowest BCUT2D eigenvalue weighted by molar-refractivity contribution is -0.133. The molecule has 25 heavy (non-hydrogen) atoms. The number of hydrogen-bond acceptors (Lipinski definition) is 5. The monoisotopic (exact) mass is 364 g/mol. The van der Waals surface area contributed by atoms with Crippen molar-refractivity contribution in [3.05, 3.63) is 65.7 Å². The Kier molecular flexibility index (Phi) is 5.58. The van der Waals surface area contributed by atoms with Crippen LogP contribution in [0.25, 0.3) is 0 Å². The largest absolute Gasteiger partial charge is 0.395 e. The van der Waals surface area contributed by atoms with E-state index < -0.39 is 27.6 Å². The number of nitrogens with two attached hydrogens (primary N) is 1. The third-order valence-corrected chi connectivity index (χ3v) is 5.37. The quantitative estimate of drug-likeness (QED) is 0.552. The van der Waals surface area contributed by atoms with E-state index in [2.05, 4.69) is 4.72 Å². The normalized spacial score (nSPS) is 15.3. The molecule has 2 aromatic rings. The van der Waals surface area contributed by atoms with Gasteiger partial charge in [-0.05, 0) is 30.2 Å². The second kappa shape index (κ2) is 7.32. The van der Waals surface area contributed by atoms with Crippen LogP contribution in [0, 0.1) is 0 Å². The van der Waals surface area contributed by atoms with E-state index in [1.54, 1.807) is 30.3 Å². The van der Waals surface area contributed by atoms with Crippen molar-refractivity contribution in [1.82, 2.24) is 4.72 Å². The summed E-state index contributed by atoms with van der Waals surface area (Å²) in [6.45, 7) is 1.18. The Morgan fingerprint density at radius 1 is 1.12 bits per heavy atom. The van der Waals surface area contributed by atoms with Crippen LogP contribution in [0.15, 0.2) is 59.5 Å². The first kappa shape index (κ1) is 19.1. The number of sulfonamides is 1. The van der Waals surface area contributed by atoms with Gasteiger partial charge in [0.15, 0.2) is 5.60 Å². The maximum atomic E-state index is 12.2. The fourth-order valence-corrected chi connectivity index (χ4v) is 3.61. The van der Waals surface area contributed by atoms with Gasteiger partial charge in [0.1, 0.15) is 0 Å². The molecule has 0 spiro atoms.